The number of hydrogen-bond acceptors (Lipinski definition) is 6. The maximum Gasteiger partial charge on any atom is 0.243 e. The highest BCUT2D eigenvalue weighted by Gasteiger charge is 2.10. The molecule has 0 fully saturated rings. The van der Waals surface area contributed by atoms with Crippen LogP contribution in [-0.2, 0) is 19.6 Å². The Morgan fingerprint density at radius 2 is 2.05 bits per heavy atom. The maximum atomic E-state index is 11.2. The fourth-order valence-electron chi connectivity index (χ4n) is 1.30. The number of carbonyl (C=O) groups is 1. The van der Waals surface area contributed by atoms with Gasteiger partial charge in [-0.25, -0.2) is 13.6 Å². The molecule has 1 aromatic rings. The van der Waals surface area contributed by atoms with Crippen LogP contribution in [0.5, 0.6) is 0 Å². The van der Waals surface area contributed by atoms with Gasteiger partial charge < -0.3 is 21.5 Å². The van der Waals surface area contributed by atoms with E-state index >= 15 is 0 Å². The van der Waals surface area contributed by atoms with Crippen LogP contribution in [-0.4, -0.2) is 34.1 Å². The van der Waals surface area contributed by atoms with Crippen LogP contribution >= 0.6 is 0 Å². The average Bonchev–Trinajstić information content (AvgIpc) is 2.29. The van der Waals surface area contributed by atoms with E-state index in [4.69, 9.17) is 21.3 Å². The quantitative estimate of drug-likeness (QED) is 0.366. The average molecular weight is 288 g/mol. The van der Waals surface area contributed by atoms with Crippen LogP contribution in [0.4, 0.5) is 11.4 Å². The Morgan fingerprint density at radius 3 is 2.63 bits per heavy atom. The standard InChI is InChI=1S/C10H16N4O4S/c11-8-2-1-7(19(13,16)17)5-9(8)14-3-4-18-6-10(12)15/h1-2,5,14H,3-4,6,11H2,(H2,12,15)(H2,13,16,17). The van der Waals surface area contributed by atoms with Crippen molar-refractivity contribution in [1.29, 1.82) is 0 Å². The fraction of sp³-hybridized carbons (Fsp3) is 0.300. The molecular weight excluding hydrogens is 272 g/mol. The molecule has 1 amide bonds. The number of rotatable bonds is 7. The van der Waals surface area contributed by atoms with Crippen molar-refractivity contribution in [2.45, 2.75) is 4.90 Å². The number of nitrogens with two attached hydrogens (primary N) is 3. The predicted octanol–water partition coefficient (Wildman–Crippen LogP) is -1.17. The first kappa shape index (κ1) is 15.2. The van der Waals surface area contributed by atoms with E-state index in [-0.39, 0.29) is 18.1 Å². The zero-order valence-electron chi connectivity index (χ0n) is 10.1. The van der Waals surface area contributed by atoms with Crippen LogP contribution in [0, 0.1) is 0 Å². The number of hydrogen-bond donors (Lipinski definition) is 4. The van der Waals surface area contributed by atoms with Crippen molar-refractivity contribution >= 4 is 27.3 Å². The van der Waals surface area contributed by atoms with Gasteiger partial charge in [-0.15, -0.1) is 0 Å². The molecule has 0 aliphatic rings. The van der Waals surface area contributed by atoms with Gasteiger partial charge in [0, 0.05) is 6.54 Å². The Bertz CT molecular complexity index is 559. The van der Waals surface area contributed by atoms with Crippen molar-refractivity contribution in [1.82, 2.24) is 0 Å². The first-order chi connectivity index (χ1) is 8.80. The van der Waals surface area contributed by atoms with Crippen LogP contribution in [0.1, 0.15) is 0 Å². The Morgan fingerprint density at radius 1 is 1.37 bits per heavy atom. The van der Waals surface area contributed by atoms with Crippen molar-refractivity contribution in [2.24, 2.45) is 10.9 Å². The minimum absolute atomic E-state index is 0.0396. The van der Waals surface area contributed by atoms with E-state index in [1.807, 2.05) is 0 Å². The highest BCUT2D eigenvalue weighted by Crippen LogP contribution is 2.21. The number of nitrogen functional groups attached to an aromatic ring is 1. The zero-order chi connectivity index (χ0) is 14.5. The van der Waals surface area contributed by atoms with Gasteiger partial charge in [0.1, 0.15) is 6.61 Å². The van der Waals surface area contributed by atoms with Crippen LogP contribution < -0.4 is 21.9 Å². The van der Waals surface area contributed by atoms with E-state index in [0.29, 0.717) is 17.9 Å². The lowest BCUT2D eigenvalue weighted by Gasteiger charge is -2.10. The summed E-state index contributed by atoms with van der Waals surface area (Å²) < 4.78 is 27.3. The molecule has 0 saturated heterocycles. The van der Waals surface area contributed by atoms with Gasteiger partial charge in [0.25, 0.3) is 0 Å². The van der Waals surface area contributed by atoms with Crippen molar-refractivity contribution in [2.75, 3.05) is 30.8 Å². The summed E-state index contributed by atoms with van der Waals surface area (Å²) in [6.07, 6.45) is 0. The molecule has 0 spiro atoms. The molecule has 1 rings (SSSR count). The Kier molecular flexibility index (Phi) is 5.10. The summed E-state index contributed by atoms with van der Waals surface area (Å²) >= 11 is 0. The fourth-order valence-corrected chi connectivity index (χ4v) is 1.84. The smallest absolute Gasteiger partial charge is 0.243 e. The molecular formula is C10H16N4O4S. The number of sulfonamides is 1. The van der Waals surface area contributed by atoms with Crippen molar-refractivity contribution in [3.63, 3.8) is 0 Å². The minimum atomic E-state index is -3.78. The Hall–Kier alpha value is -1.84. The number of amides is 1. The molecule has 0 radical (unpaired) electrons. The summed E-state index contributed by atoms with van der Waals surface area (Å²) in [5.41, 5.74) is 11.4. The van der Waals surface area contributed by atoms with Gasteiger partial charge in [-0.3, -0.25) is 4.79 Å². The zero-order valence-corrected chi connectivity index (χ0v) is 10.9. The lowest BCUT2D eigenvalue weighted by molar-refractivity contribution is -0.122. The summed E-state index contributed by atoms with van der Waals surface area (Å²) in [6.45, 7) is 0.391. The molecule has 0 atom stereocenters. The Labute approximate surface area is 110 Å². The lowest BCUT2D eigenvalue weighted by atomic mass is 10.2. The molecule has 0 heterocycles. The van der Waals surface area contributed by atoms with Crippen LogP contribution in [0.25, 0.3) is 0 Å². The number of primary amides is 1. The SMILES string of the molecule is NC(=O)COCCNc1cc(S(N)(=O)=O)ccc1N. The van der Waals surface area contributed by atoms with E-state index in [1.165, 1.54) is 18.2 Å². The van der Waals surface area contributed by atoms with Crippen molar-refractivity contribution < 1.29 is 17.9 Å². The number of carbonyl (C=O) groups excluding carboxylic acids is 1. The van der Waals surface area contributed by atoms with Crippen LogP contribution in [0.15, 0.2) is 23.1 Å². The van der Waals surface area contributed by atoms with E-state index in [2.05, 4.69) is 5.32 Å². The summed E-state index contributed by atoms with van der Waals surface area (Å²) in [4.78, 5) is 10.4. The summed E-state index contributed by atoms with van der Waals surface area (Å²) in [6, 6.07) is 4.09. The maximum absolute atomic E-state index is 11.2. The number of anilines is 2. The van der Waals surface area contributed by atoms with E-state index in [9.17, 15) is 13.2 Å². The van der Waals surface area contributed by atoms with Crippen molar-refractivity contribution in [3.05, 3.63) is 18.2 Å². The molecule has 7 N–H and O–H groups in total. The largest absolute Gasteiger partial charge is 0.397 e. The third-order valence-electron chi connectivity index (χ3n) is 2.16. The van der Waals surface area contributed by atoms with E-state index in [1.54, 1.807) is 0 Å². The third kappa shape index (κ3) is 5.12. The highest BCUT2D eigenvalue weighted by molar-refractivity contribution is 7.89. The van der Waals surface area contributed by atoms with E-state index in [0.717, 1.165) is 0 Å². The number of benzene rings is 1. The molecule has 0 aliphatic carbocycles. The summed E-state index contributed by atoms with van der Waals surface area (Å²) in [7, 11) is -3.78. The first-order valence-electron chi connectivity index (χ1n) is 5.33. The first-order valence-corrected chi connectivity index (χ1v) is 6.87. The second-order valence-corrected chi connectivity index (χ2v) is 5.30. The third-order valence-corrected chi connectivity index (χ3v) is 3.07. The summed E-state index contributed by atoms with van der Waals surface area (Å²) in [5, 5.41) is 7.89. The van der Waals surface area contributed by atoms with Crippen LogP contribution in [0.2, 0.25) is 0 Å². The monoisotopic (exact) mass is 288 g/mol. The topological polar surface area (TPSA) is 151 Å². The van der Waals surface area contributed by atoms with Gasteiger partial charge in [-0.05, 0) is 18.2 Å². The van der Waals surface area contributed by atoms with Gasteiger partial charge in [-0.1, -0.05) is 0 Å². The Balaban J connectivity index is 2.60. The van der Waals surface area contributed by atoms with Gasteiger partial charge in [-0.2, -0.15) is 0 Å². The molecule has 0 aliphatic heterocycles. The number of primary sulfonamides is 1. The molecule has 8 nitrogen and oxygen atoms in total. The molecule has 0 unspecified atom stereocenters. The molecule has 9 heteroatoms. The number of nitrogens with one attached hydrogen (secondary N) is 1. The normalized spacial score (nSPS) is 11.2. The molecule has 19 heavy (non-hydrogen) atoms. The van der Waals surface area contributed by atoms with Gasteiger partial charge >= 0.3 is 0 Å². The molecule has 0 saturated carbocycles. The highest BCUT2D eigenvalue weighted by atomic mass is 32.2. The molecule has 1 aromatic carbocycles. The van der Waals surface area contributed by atoms with Gasteiger partial charge in [0.05, 0.1) is 22.9 Å². The van der Waals surface area contributed by atoms with Gasteiger partial charge in [0.15, 0.2) is 0 Å². The lowest BCUT2D eigenvalue weighted by Crippen LogP contribution is -2.21. The molecule has 106 valence electrons. The predicted molar refractivity (Wildman–Crippen MR) is 70.7 cm³/mol. The summed E-state index contributed by atoms with van der Waals surface area (Å²) in [5.74, 6) is -0.560. The van der Waals surface area contributed by atoms with Crippen molar-refractivity contribution in [3.8, 4) is 0 Å². The second-order valence-electron chi connectivity index (χ2n) is 3.74. The molecule has 0 aromatic heterocycles. The number of ether oxygens (including phenoxy) is 1. The van der Waals surface area contributed by atoms with Gasteiger partial charge in [0.2, 0.25) is 15.9 Å². The van der Waals surface area contributed by atoms with Crippen LogP contribution in [0.3, 0.4) is 0 Å². The second kappa shape index (κ2) is 6.36. The minimum Gasteiger partial charge on any atom is -0.397 e. The van der Waals surface area contributed by atoms with E-state index < -0.39 is 15.9 Å². The molecule has 0 bridgehead atoms.